The van der Waals surface area contributed by atoms with Gasteiger partial charge in [0.2, 0.25) is 0 Å². The van der Waals surface area contributed by atoms with E-state index in [2.05, 4.69) is 5.32 Å². The molecule has 1 aliphatic rings. The molecule has 1 aromatic carbocycles. The van der Waals surface area contributed by atoms with Gasteiger partial charge in [0.15, 0.2) is 0 Å². The van der Waals surface area contributed by atoms with Crippen molar-refractivity contribution in [2.45, 2.75) is 12.5 Å². The third-order valence-electron chi connectivity index (χ3n) is 3.59. The quantitative estimate of drug-likeness (QED) is 0.815. The van der Waals surface area contributed by atoms with Gasteiger partial charge in [-0.15, -0.1) is 0 Å². The molecule has 0 unspecified atom stereocenters. The van der Waals surface area contributed by atoms with Crippen molar-refractivity contribution in [1.29, 1.82) is 0 Å². The first-order valence-electron chi connectivity index (χ1n) is 6.22. The summed E-state index contributed by atoms with van der Waals surface area (Å²) in [5.74, 6) is 0. The van der Waals surface area contributed by atoms with Crippen molar-refractivity contribution in [2.75, 3.05) is 25.0 Å². The maximum atomic E-state index is 12.0. The van der Waals surface area contributed by atoms with Crippen LogP contribution in [-0.4, -0.2) is 26.2 Å². The molecule has 1 aromatic heterocycles. The molecular weight excluding hydrogens is 228 g/mol. The number of fused-ring (bicyclic) bond motifs is 1. The van der Waals surface area contributed by atoms with Crippen molar-refractivity contribution in [3.63, 3.8) is 0 Å². The fourth-order valence-corrected chi connectivity index (χ4v) is 2.46. The fourth-order valence-electron chi connectivity index (χ4n) is 2.46. The lowest BCUT2D eigenvalue weighted by Gasteiger charge is -2.24. The van der Waals surface area contributed by atoms with E-state index in [1.165, 1.54) is 0 Å². The van der Waals surface area contributed by atoms with E-state index >= 15 is 0 Å². The van der Waals surface area contributed by atoms with Crippen LogP contribution in [0.4, 0.5) is 5.69 Å². The summed E-state index contributed by atoms with van der Waals surface area (Å²) in [5, 5.41) is 4.27. The maximum Gasteiger partial charge on any atom is 0.360 e. The molecule has 3 rings (SSSR count). The van der Waals surface area contributed by atoms with E-state index in [1.807, 2.05) is 42.3 Å². The van der Waals surface area contributed by atoms with Crippen LogP contribution in [0.3, 0.4) is 0 Å². The van der Waals surface area contributed by atoms with E-state index in [0.29, 0.717) is 17.3 Å². The summed E-state index contributed by atoms with van der Waals surface area (Å²) in [5.41, 5.74) is 1.02. The molecule has 1 saturated heterocycles. The van der Waals surface area contributed by atoms with E-state index in [4.69, 9.17) is 4.42 Å². The van der Waals surface area contributed by atoms with E-state index in [0.717, 1.165) is 24.9 Å². The molecule has 2 aromatic rings. The number of anilines is 1. The number of benzene rings is 1. The van der Waals surface area contributed by atoms with Gasteiger partial charge in [0, 0.05) is 25.0 Å². The van der Waals surface area contributed by atoms with Gasteiger partial charge >= 0.3 is 5.63 Å². The molecule has 0 bridgehead atoms. The van der Waals surface area contributed by atoms with Gasteiger partial charge in [0.05, 0.1) is 0 Å². The van der Waals surface area contributed by atoms with Crippen LogP contribution in [0.1, 0.15) is 6.42 Å². The van der Waals surface area contributed by atoms with Gasteiger partial charge in [0.1, 0.15) is 11.3 Å². The molecular formula is C14H16N2O2. The minimum absolute atomic E-state index is 0.261. The Labute approximate surface area is 105 Å². The van der Waals surface area contributed by atoms with Crippen LogP contribution in [0.5, 0.6) is 0 Å². The predicted octanol–water partition coefficient (Wildman–Crippen LogP) is 1.59. The lowest BCUT2D eigenvalue weighted by molar-refractivity contribution is 0.553. The average molecular weight is 244 g/mol. The van der Waals surface area contributed by atoms with Crippen LogP contribution < -0.4 is 15.8 Å². The Morgan fingerprint density at radius 1 is 1.39 bits per heavy atom. The molecule has 1 aliphatic heterocycles. The van der Waals surface area contributed by atoms with E-state index in [1.54, 1.807) is 0 Å². The highest BCUT2D eigenvalue weighted by atomic mass is 16.4. The standard InChI is InChI=1S/C14H16N2O2/c1-16(11-6-7-15-9-11)12-8-10-4-2-3-5-13(10)18-14(12)17/h2-5,8,11,15H,6-7,9H2,1H3/t11-/m0/s1. The molecule has 4 heteroatoms. The SMILES string of the molecule is CN(c1cc2ccccc2oc1=O)[C@H]1CCNC1. The van der Waals surface area contributed by atoms with Crippen LogP contribution in [0.15, 0.2) is 39.5 Å². The second-order valence-electron chi connectivity index (χ2n) is 4.71. The molecule has 1 N–H and O–H groups in total. The van der Waals surface area contributed by atoms with Gasteiger partial charge < -0.3 is 14.6 Å². The molecule has 0 amide bonds. The largest absolute Gasteiger partial charge is 0.421 e. The van der Waals surface area contributed by atoms with Crippen molar-refractivity contribution in [2.24, 2.45) is 0 Å². The Bertz CT molecular complexity index is 614. The average Bonchev–Trinajstić information content (AvgIpc) is 2.91. The highest BCUT2D eigenvalue weighted by molar-refractivity contribution is 5.79. The molecule has 1 fully saturated rings. The number of rotatable bonds is 2. The molecule has 0 radical (unpaired) electrons. The number of nitrogens with one attached hydrogen (secondary N) is 1. The molecule has 0 saturated carbocycles. The Balaban J connectivity index is 2.05. The van der Waals surface area contributed by atoms with Gasteiger partial charge in [-0.1, -0.05) is 18.2 Å². The van der Waals surface area contributed by atoms with E-state index in [9.17, 15) is 4.79 Å². The zero-order valence-corrected chi connectivity index (χ0v) is 10.3. The summed E-state index contributed by atoms with van der Waals surface area (Å²) in [4.78, 5) is 14.0. The van der Waals surface area contributed by atoms with Crippen LogP contribution in [-0.2, 0) is 0 Å². The molecule has 18 heavy (non-hydrogen) atoms. The van der Waals surface area contributed by atoms with Gasteiger partial charge in [-0.05, 0) is 25.1 Å². The Morgan fingerprint density at radius 3 is 3.00 bits per heavy atom. The fraction of sp³-hybridized carbons (Fsp3) is 0.357. The zero-order chi connectivity index (χ0) is 12.5. The van der Waals surface area contributed by atoms with Gasteiger partial charge in [-0.2, -0.15) is 0 Å². The third kappa shape index (κ3) is 1.88. The van der Waals surface area contributed by atoms with Crippen molar-refractivity contribution in [1.82, 2.24) is 5.32 Å². The number of likely N-dealkylation sites (N-methyl/N-ethyl adjacent to an activating group) is 1. The summed E-state index contributed by atoms with van der Waals surface area (Å²) in [6.45, 7) is 1.93. The first-order chi connectivity index (χ1) is 8.75. The molecule has 2 heterocycles. The summed E-state index contributed by atoms with van der Waals surface area (Å²) >= 11 is 0. The van der Waals surface area contributed by atoms with E-state index in [-0.39, 0.29) is 5.63 Å². The smallest absolute Gasteiger partial charge is 0.360 e. The minimum atomic E-state index is -0.261. The van der Waals surface area contributed by atoms with Gasteiger partial charge in [-0.3, -0.25) is 0 Å². The highest BCUT2D eigenvalue weighted by Gasteiger charge is 2.22. The van der Waals surface area contributed by atoms with E-state index < -0.39 is 0 Å². The number of hydrogen-bond acceptors (Lipinski definition) is 4. The Morgan fingerprint density at radius 2 is 2.22 bits per heavy atom. The predicted molar refractivity (Wildman–Crippen MR) is 72.2 cm³/mol. The summed E-state index contributed by atoms with van der Waals surface area (Å²) in [7, 11) is 1.96. The lowest BCUT2D eigenvalue weighted by atomic mass is 10.2. The van der Waals surface area contributed by atoms with Gasteiger partial charge in [-0.25, -0.2) is 4.79 Å². The van der Waals surface area contributed by atoms with Crippen LogP contribution in [0.25, 0.3) is 11.0 Å². The topological polar surface area (TPSA) is 45.5 Å². The molecule has 0 spiro atoms. The molecule has 1 atom stereocenters. The third-order valence-corrected chi connectivity index (χ3v) is 3.59. The van der Waals surface area contributed by atoms with Crippen molar-refractivity contribution < 1.29 is 4.42 Å². The summed E-state index contributed by atoms with van der Waals surface area (Å²) < 4.78 is 5.36. The van der Waals surface area contributed by atoms with Gasteiger partial charge in [0.25, 0.3) is 0 Å². The highest BCUT2D eigenvalue weighted by Crippen LogP contribution is 2.20. The molecule has 4 nitrogen and oxygen atoms in total. The van der Waals surface area contributed by atoms with Crippen LogP contribution >= 0.6 is 0 Å². The lowest BCUT2D eigenvalue weighted by Crippen LogP contribution is -2.36. The van der Waals surface area contributed by atoms with Crippen LogP contribution in [0.2, 0.25) is 0 Å². The second-order valence-corrected chi connectivity index (χ2v) is 4.71. The number of para-hydroxylation sites is 1. The zero-order valence-electron chi connectivity index (χ0n) is 10.3. The summed E-state index contributed by atoms with van der Waals surface area (Å²) in [6, 6.07) is 9.88. The summed E-state index contributed by atoms with van der Waals surface area (Å²) in [6.07, 6.45) is 1.06. The molecule has 94 valence electrons. The Hall–Kier alpha value is -1.81. The number of hydrogen-bond donors (Lipinski definition) is 1. The Kier molecular flexibility index (Phi) is 2.80. The first kappa shape index (κ1) is 11.3. The normalized spacial score (nSPS) is 19.3. The monoisotopic (exact) mass is 244 g/mol. The molecule has 0 aliphatic carbocycles. The second kappa shape index (κ2) is 4.46. The minimum Gasteiger partial charge on any atom is -0.421 e. The number of nitrogens with zero attached hydrogens (tertiary/aromatic N) is 1. The maximum absolute atomic E-state index is 12.0. The van der Waals surface area contributed by atoms with Crippen molar-refractivity contribution in [3.8, 4) is 0 Å². The first-order valence-corrected chi connectivity index (χ1v) is 6.22. The van der Waals surface area contributed by atoms with Crippen molar-refractivity contribution in [3.05, 3.63) is 40.8 Å². The van der Waals surface area contributed by atoms with Crippen LogP contribution in [0, 0.1) is 0 Å². The van der Waals surface area contributed by atoms with Crippen molar-refractivity contribution >= 4 is 16.7 Å².